The first-order valence-electron chi connectivity index (χ1n) is 6.30. The van der Waals surface area contributed by atoms with Gasteiger partial charge in [-0.2, -0.15) is 0 Å². The lowest BCUT2D eigenvalue weighted by atomic mass is 10.1. The molecule has 3 aromatic rings. The fourth-order valence-corrected chi connectivity index (χ4v) is 2.57. The quantitative estimate of drug-likeness (QED) is 0.557. The third-order valence-corrected chi connectivity index (χ3v) is 3.73. The van der Waals surface area contributed by atoms with Crippen LogP contribution in [0.3, 0.4) is 0 Å². The van der Waals surface area contributed by atoms with E-state index in [1.54, 1.807) is 24.3 Å². The lowest BCUT2D eigenvalue weighted by molar-refractivity contribution is 0.477. The summed E-state index contributed by atoms with van der Waals surface area (Å²) in [4.78, 5) is 11.4. The van der Waals surface area contributed by atoms with Crippen molar-refractivity contribution >= 4 is 32.6 Å². The Morgan fingerprint density at radius 2 is 1.95 bits per heavy atom. The smallest absolute Gasteiger partial charge is 0.336 e. The van der Waals surface area contributed by atoms with E-state index in [1.165, 1.54) is 6.07 Å². The molecule has 0 aliphatic carbocycles. The molecule has 0 saturated heterocycles. The second kappa shape index (κ2) is 5.26. The van der Waals surface area contributed by atoms with Gasteiger partial charge in [0.1, 0.15) is 17.1 Å². The van der Waals surface area contributed by atoms with Crippen molar-refractivity contribution in [2.24, 2.45) is 0 Å². The van der Waals surface area contributed by atoms with Crippen LogP contribution in [-0.4, -0.2) is 0 Å². The third-order valence-electron chi connectivity index (χ3n) is 3.11. The second-order valence-corrected chi connectivity index (χ2v) is 5.55. The van der Waals surface area contributed by atoms with Crippen molar-refractivity contribution in [2.75, 3.05) is 5.73 Å². The van der Waals surface area contributed by atoms with E-state index in [0.717, 1.165) is 15.4 Å². The summed E-state index contributed by atoms with van der Waals surface area (Å²) < 4.78 is 11.7. The molecule has 5 heteroatoms. The van der Waals surface area contributed by atoms with Crippen LogP contribution in [0, 0.1) is 6.92 Å². The Kier molecular flexibility index (Phi) is 3.43. The Hall–Kier alpha value is -2.27. The topological polar surface area (TPSA) is 65.5 Å². The number of ether oxygens (including phenoxy) is 1. The minimum atomic E-state index is -0.370. The molecule has 0 aliphatic heterocycles. The predicted molar refractivity (Wildman–Crippen MR) is 85.8 cm³/mol. The number of nitrogens with two attached hydrogens (primary N) is 1. The number of hydrogen-bond acceptors (Lipinski definition) is 4. The molecule has 0 aliphatic rings. The van der Waals surface area contributed by atoms with Crippen molar-refractivity contribution in [1.29, 1.82) is 0 Å². The van der Waals surface area contributed by atoms with Gasteiger partial charge in [0, 0.05) is 23.2 Å². The lowest BCUT2D eigenvalue weighted by Crippen LogP contribution is -1.97. The van der Waals surface area contributed by atoms with Crippen LogP contribution in [0.25, 0.3) is 11.0 Å². The molecule has 3 rings (SSSR count). The minimum absolute atomic E-state index is 0.370. The third kappa shape index (κ3) is 2.78. The molecule has 0 radical (unpaired) electrons. The van der Waals surface area contributed by atoms with Crippen LogP contribution in [0.4, 0.5) is 5.69 Å². The van der Waals surface area contributed by atoms with Gasteiger partial charge in [0.2, 0.25) is 0 Å². The van der Waals surface area contributed by atoms with E-state index >= 15 is 0 Å². The van der Waals surface area contributed by atoms with Crippen LogP contribution in [0.1, 0.15) is 5.56 Å². The number of rotatable bonds is 2. The van der Waals surface area contributed by atoms with Gasteiger partial charge in [0.15, 0.2) is 0 Å². The average Bonchev–Trinajstić information content (AvgIpc) is 2.41. The molecule has 1 heterocycles. The number of benzene rings is 2. The Morgan fingerprint density at radius 3 is 2.71 bits per heavy atom. The Bertz CT molecular complexity index is 886. The average molecular weight is 346 g/mol. The van der Waals surface area contributed by atoms with E-state index in [0.29, 0.717) is 22.8 Å². The summed E-state index contributed by atoms with van der Waals surface area (Å²) in [6.07, 6.45) is 0. The van der Waals surface area contributed by atoms with E-state index < -0.39 is 0 Å². The van der Waals surface area contributed by atoms with Gasteiger partial charge in [-0.15, -0.1) is 0 Å². The van der Waals surface area contributed by atoms with Gasteiger partial charge in [-0.1, -0.05) is 0 Å². The zero-order chi connectivity index (χ0) is 15.0. The molecule has 0 unspecified atom stereocenters. The zero-order valence-electron chi connectivity index (χ0n) is 11.2. The maximum atomic E-state index is 11.4. The van der Waals surface area contributed by atoms with Gasteiger partial charge in [0.05, 0.1) is 4.47 Å². The summed E-state index contributed by atoms with van der Waals surface area (Å²) in [5.74, 6) is 1.22. The highest BCUT2D eigenvalue weighted by Crippen LogP contribution is 2.32. The first-order valence-corrected chi connectivity index (χ1v) is 7.09. The lowest BCUT2D eigenvalue weighted by Gasteiger charge is -2.09. The van der Waals surface area contributed by atoms with Crippen molar-refractivity contribution in [1.82, 2.24) is 0 Å². The number of fused-ring (bicyclic) bond motifs is 1. The summed E-state index contributed by atoms with van der Waals surface area (Å²) in [6.45, 7) is 1.87. The summed E-state index contributed by atoms with van der Waals surface area (Å²) in [5, 5.41) is 0.887. The van der Waals surface area contributed by atoms with Gasteiger partial charge in [0.25, 0.3) is 0 Å². The molecule has 21 heavy (non-hydrogen) atoms. The monoisotopic (exact) mass is 345 g/mol. The highest BCUT2D eigenvalue weighted by Gasteiger charge is 2.07. The van der Waals surface area contributed by atoms with Crippen LogP contribution >= 0.6 is 15.9 Å². The largest absolute Gasteiger partial charge is 0.456 e. The van der Waals surface area contributed by atoms with Gasteiger partial charge in [-0.05, 0) is 58.7 Å². The van der Waals surface area contributed by atoms with Crippen molar-refractivity contribution in [3.8, 4) is 11.5 Å². The summed E-state index contributed by atoms with van der Waals surface area (Å²) in [5.41, 5.74) is 7.35. The molecule has 0 fully saturated rings. The number of hydrogen-bond donors (Lipinski definition) is 1. The minimum Gasteiger partial charge on any atom is -0.456 e. The van der Waals surface area contributed by atoms with E-state index in [9.17, 15) is 4.79 Å². The summed E-state index contributed by atoms with van der Waals surface area (Å²) >= 11 is 3.40. The van der Waals surface area contributed by atoms with Crippen LogP contribution in [-0.2, 0) is 0 Å². The molecule has 0 amide bonds. The predicted octanol–water partition coefficient (Wildman–Crippen LogP) is 4.24. The fraction of sp³-hybridized carbons (Fsp3) is 0.0625. The number of halogens is 1. The maximum absolute atomic E-state index is 11.4. The summed E-state index contributed by atoms with van der Waals surface area (Å²) in [7, 11) is 0. The van der Waals surface area contributed by atoms with Crippen LogP contribution in [0.15, 0.2) is 56.1 Å². The Balaban J connectivity index is 2.03. The molecule has 0 spiro atoms. The van der Waals surface area contributed by atoms with Crippen molar-refractivity contribution in [3.63, 3.8) is 0 Å². The molecule has 0 saturated carbocycles. The van der Waals surface area contributed by atoms with Gasteiger partial charge in [-0.25, -0.2) is 4.79 Å². The van der Waals surface area contributed by atoms with Gasteiger partial charge in [-0.3, -0.25) is 0 Å². The Labute approximate surface area is 129 Å². The number of anilines is 1. The molecular weight excluding hydrogens is 334 g/mol. The molecule has 2 aromatic carbocycles. The highest BCUT2D eigenvalue weighted by molar-refractivity contribution is 9.10. The van der Waals surface area contributed by atoms with Crippen LogP contribution in [0.5, 0.6) is 11.5 Å². The molecule has 106 valence electrons. The van der Waals surface area contributed by atoms with Crippen molar-refractivity contribution < 1.29 is 9.15 Å². The fourth-order valence-electron chi connectivity index (χ4n) is 2.10. The SMILES string of the molecule is Cc1cc(=O)oc2cc(Oc3ccc(N)cc3Br)ccc12. The van der Waals surface area contributed by atoms with Gasteiger partial charge < -0.3 is 14.9 Å². The van der Waals surface area contributed by atoms with Crippen LogP contribution in [0.2, 0.25) is 0 Å². The van der Waals surface area contributed by atoms with Crippen LogP contribution < -0.4 is 16.1 Å². The molecule has 0 bridgehead atoms. The van der Waals surface area contributed by atoms with Crippen molar-refractivity contribution in [2.45, 2.75) is 6.92 Å². The molecule has 4 nitrogen and oxygen atoms in total. The first-order chi connectivity index (χ1) is 10.0. The summed E-state index contributed by atoms with van der Waals surface area (Å²) in [6, 6.07) is 12.2. The maximum Gasteiger partial charge on any atom is 0.336 e. The Morgan fingerprint density at radius 1 is 1.14 bits per heavy atom. The van der Waals surface area contributed by atoms with E-state index in [4.69, 9.17) is 14.9 Å². The molecule has 2 N–H and O–H groups in total. The molecule has 1 aromatic heterocycles. The van der Waals surface area contributed by atoms with E-state index in [1.807, 2.05) is 19.1 Å². The normalized spacial score (nSPS) is 10.8. The molecule has 0 atom stereocenters. The highest BCUT2D eigenvalue weighted by atomic mass is 79.9. The van der Waals surface area contributed by atoms with E-state index in [-0.39, 0.29) is 5.63 Å². The zero-order valence-corrected chi connectivity index (χ0v) is 12.8. The standard InChI is InChI=1S/C16H12BrNO3/c1-9-6-16(19)21-15-8-11(3-4-12(9)15)20-14-5-2-10(18)7-13(14)17/h2-8H,18H2,1H3. The number of aryl methyl sites for hydroxylation is 1. The molecular formula is C16H12BrNO3. The van der Waals surface area contributed by atoms with Crippen molar-refractivity contribution in [3.05, 3.63) is 62.9 Å². The second-order valence-electron chi connectivity index (χ2n) is 4.70. The van der Waals surface area contributed by atoms with E-state index in [2.05, 4.69) is 15.9 Å². The number of nitrogen functional groups attached to an aromatic ring is 1. The first kappa shape index (κ1) is 13.7. The van der Waals surface area contributed by atoms with Gasteiger partial charge >= 0.3 is 5.63 Å².